The Hall–Kier alpha value is -1.62. The summed E-state index contributed by atoms with van der Waals surface area (Å²) in [6, 6.07) is 4.01. The van der Waals surface area contributed by atoms with Crippen LogP contribution in [0, 0.1) is 11.7 Å². The summed E-state index contributed by atoms with van der Waals surface area (Å²) in [5.41, 5.74) is 0.682. The van der Waals surface area contributed by atoms with E-state index < -0.39 is 5.82 Å². The van der Waals surface area contributed by atoms with Crippen LogP contribution in [0.3, 0.4) is 0 Å². The van der Waals surface area contributed by atoms with Gasteiger partial charge < -0.3 is 10.1 Å². The number of rotatable bonds is 1. The predicted octanol–water partition coefficient (Wildman–Crippen LogP) is 2.79. The molecule has 2 rings (SSSR count). The molecule has 1 atom stereocenters. The summed E-state index contributed by atoms with van der Waals surface area (Å²) in [6.07, 6.45) is 0.499. The zero-order chi connectivity index (χ0) is 14.0. The van der Waals surface area contributed by atoms with Crippen LogP contribution in [-0.2, 0) is 0 Å². The Morgan fingerprint density at radius 2 is 2.32 bits per heavy atom. The fourth-order valence-electron chi connectivity index (χ4n) is 2.19. The monoisotopic (exact) mass is 284 g/mol. The molecule has 1 aromatic rings. The van der Waals surface area contributed by atoms with Crippen LogP contribution in [0.25, 0.3) is 0 Å². The van der Waals surface area contributed by atoms with Crippen molar-refractivity contribution < 1.29 is 14.4 Å². The van der Waals surface area contributed by atoms with E-state index in [9.17, 15) is 9.18 Å². The molecule has 1 N–H and O–H groups in total. The molecule has 6 heteroatoms. The van der Waals surface area contributed by atoms with E-state index in [1.165, 1.54) is 12.1 Å². The molecule has 102 valence electrons. The van der Waals surface area contributed by atoms with Crippen LogP contribution < -0.4 is 0 Å². The van der Waals surface area contributed by atoms with Gasteiger partial charge in [-0.15, -0.1) is 0 Å². The lowest BCUT2D eigenvalue weighted by atomic mass is 9.97. The summed E-state index contributed by atoms with van der Waals surface area (Å²) in [5, 5.41) is 12.3. The third-order valence-corrected chi connectivity index (χ3v) is 3.51. The molecule has 1 aliphatic rings. The molecular weight excluding hydrogens is 271 g/mol. The maximum absolute atomic E-state index is 13.7. The number of hydrogen-bond acceptors (Lipinski definition) is 3. The van der Waals surface area contributed by atoms with Crippen molar-refractivity contribution in [3.63, 3.8) is 0 Å². The number of halogens is 2. The van der Waals surface area contributed by atoms with Crippen LogP contribution in [-0.4, -0.2) is 34.8 Å². The highest BCUT2D eigenvalue weighted by Crippen LogP contribution is 2.20. The van der Waals surface area contributed by atoms with Crippen molar-refractivity contribution >= 4 is 23.2 Å². The van der Waals surface area contributed by atoms with Gasteiger partial charge in [-0.2, -0.15) is 0 Å². The number of benzene rings is 1. The van der Waals surface area contributed by atoms with E-state index in [1.807, 2.05) is 6.92 Å². The van der Waals surface area contributed by atoms with Gasteiger partial charge in [0, 0.05) is 30.5 Å². The van der Waals surface area contributed by atoms with Crippen LogP contribution in [0.5, 0.6) is 0 Å². The van der Waals surface area contributed by atoms with Gasteiger partial charge in [0.05, 0.1) is 11.3 Å². The maximum atomic E-state index is 13.7. The summed E-state index contributed by atoms with van der Waals surface area (Å²) in [4.78, 5) is 13.8. The van der Waals surface area contributed by atoms with Crippen molar-refractivity contribution in [1.29, 1.82) is 0 Å². The van der Waals surface area contributed by atoms with Gasteiger partial charge in [-0.05, 0) is 18.2 Å². The fraction of sp³-hybridized carbons (Fsp3) is 0.385. The number of carbonyl (C=O) groups is 1. The van der Waals surface area contributed by atoms with E-state index >= 15 is 0 Å². The Balaban J connectivity index is 2.17. The largest absolute Gasteiger partial charge is 0.411 e. The molecule has 1 saturated heterocycles. The van der Waals surface area contributed by atoms with Crippen molar-refractivity contribution in [2.75, 3.05) is 13.1 Å². The maximum Gasteiger partial charge on any atom is 0.256 e. The summed E-state index contributed by atoms with van der Waals surface area (Å²) in [6.45, 7) is 2.71. The lowest BCUT2D eigenvalue weighted by Crippen LogP contribution is -2.43. The lowest BCUT2D eigenvalue weighted by molar-refractivity contribution is 0.0729. The molecule has 1 amide bonds. The van der Waals surface area contributed by atoms with Gasteiger partial charge in [-0.25, -0.2) is 4.39 Å². The van der Waals surface area contributed by atoms with Gasteiger partial charge in [0.15, 0.2) is 0 Å². The van der Waals surface area contributed by atoms with E-state index in [0.29, 0.717) is 25.2 Å². The average molecular weight is 285 g/mol. The molecule has 0 radical (unpaired) electrons. The Morgan fingerprint density at radius 3 is 2.89 bits per heavy atom. The zero-order valence-electron chi connectivity index (χ0n) is 10.4. The molecule has 1 aromatic carbocycles. The van der Waals surface area contributed by atoms with Crippen LogP contribution >= 0.6 is 11.6 Å². The first kappa shape index (κ1) is 13.8. The van der Waals surface area contributed by atoms with Gasteiger partial charge in [0.25, 0.3) is 5.91 Å². The smallest absolute Gasteiger partial charge is 0.256 e. The molecule has 0 aliphatic carbocycles. The van der Waals surface area contributed by atoms with Gasteiger partial charge in [-0.3, -0.25) is 4.79 Å². The van der Waals surface area contributed by atoms with Crippen molar-refractivity contribution in [1.82, 2.24) is 4.90 Å². The molecule has 0 bridgehead atoms. The molecule has 0 saturated carbocycles. The number of oxime groups is 1. The minimum absolute atomic E-state index is 0.0148. The number of hydrogen-bond donors (Lipinski definition) is 1. The molecule has 4 nitrogen and oxygen atoms in total. The van der Waals surface area contributed by atoms with Crippen LogP contribution in [0.1, 0.15) is 23.7 Å². The zero-order valence-corrected chi connectivity index (χ0v) is 11.2. The molecule has 1 fully saturated rings. The quantitative estimate of drug-likeness (QED) is 0.637. The molecule has 19 heavy (non-hydrogen) atoms. The van der Waals surface area contributed by atoms with Crippen LogP contribution in [0.4, 0.5) is 4.39 Å². The minimum atomic E-state index is -0.619. The number of nitrogens with zero attached hydrogens (tertiary/aromatic N) is 2. The summed E-state index contributed by atoms with van der Waals surface area (Å²) in [7, 11) is 0. The summed E-state index contributed by atoms with van der Waals surface area (Å²) in [5.74, 6) is -1.01. The molecule has 1 aliphatic heterocycles. The molecule has 1 heterocycles. The number of piperidine rings is 1. The van der Waals surface area contributed by atoms with Crippen molar-refractivity contribution in [2.24, 2.45) is 11.1 Å². The molecule has 0 spiro atoms. The molecule has 0 aromatic heterocycles. The second kappa shape index (κ2) is 5.57. The SMILES string of the molecule is CC1CN(C(=O)c2ccc(Cl)cc2F)CC/C1=N\O. The summed E-state index contributed by atoms with van der Waals surface area (Å²) >= 11 is 5.66. The average Bonchev–Trinajstić information content (AvgIpc) is 2.38. The third kappa shape index (κ3) is 2.87. The van der Waals surface area contributed by atoms with E-state index in [4.69, 9.17) is 16.8 Å². The van der Waals surface area contributed by atoms with E-state index in [-0.39, 0.29) is 22.4 Å². The number of amides is 1. The summed E-state index contributed by atoms with van der Waals surface area (Å²) < 4.78 is 13.7. The molecular formula is C13H14ClFN2O2. The first-order chi connectivity index (χ1) is 9.02. The van der Waals surface area contributed by atoms with E-state index in [1.54, 1.807) is 4.90 Å². The van der Waals surface area contributed by atoms with Gasteiger partial charge in [0.2, 0.25) is 0 Å². The second-order valence-electron chi connectivity index (χ2n) is 4.62. The molecule has 1 unspecified atom stereocenters. The minimum Gasteiger partial charge on any atom is -0.411 e. The van der Waals surface area contributed by atoms with Crippen molar-refractivity contribution in [2.45, 2.75) is 13.3 Å². The fourth-order valence-corrected chi connectivity index (χ4v) is 2.35. The highest BCUT2D eigenvalue weighted by Gasteiger charge is 2.27. The lowest BCUT2D eigenvalue weighted by Gasteiger charge is -2.31. The predicted molar refractivity (Wildman–Crippen MR) is 70.3 cm³/mol. The topological polar surface area (TPSA) is 52.9 Å². The second-order valence-corrected chi connectivity index (χ2v) is 5.05. The van der Waals surface area contributed by atoms with E-state index in [2.05, 4.69) is 5.16 Å². The van der Waals surface area contributed by atoms with Crippen molar-refractivity contribution in [3.05, 3.63) is 34.6 Å². The first-order valence-corrected chi connectivity index (χ1v) is 6.36. The van der Waals surface area contributed by atoms with Gasteiger partial charge in [0.1, 0.15) is 5.82 Å². The third-order valence-electron chi connectivity index (χ3n) is 3.28. The van der Waals surface area contributed by atoms with Gasteiger partial charge >= 0.3 is 0 Å². The Bertz CT molecular complexity index is 533. The highest BCUT2D eigenvalue weighted by molar-refractivity contribution is 6.30. The number of likely N-dealkylation sites (tertiary alicyclic amines) is 1. The van der Waals surface area contributed by atoms with Crippen LogP contribution in [0.15, 0.2) is 23.4 Å². The Morgan fingerprint density at radius 1 is 1.58 bits per heavy atom. The highest BCUT2D eigenvalue weighted by atomic mass is 35.5. The number of carbonyl (C=O) groups excluding carboxylic acids is 1. The van der Waals surface area contributed by atoms with E-state index in [0.717, 1.165) is 6.07 Å². The van der Waals surface area contributed by atoms with Crippen LogP contribution in [0.2, 0.25) is 5.02 Å². The first-order valence-electron chi connectivity index (χ1n) is 5.98. The normalized spacial score (nSPS) is 21.7. The van der Waals surface area contributed by atoms with Crippen molar-refractivity contribution in [3.8, 4) is 0 Å². The Labute approximate surface area is 115 Å². The Kier molecular flexibility index (Phi) is 4.04. The standard InChI is InChI=1S/C13H14ClFN2O2/c1-8-7-17(5-4-12(8)16-19)13(18)10-3-2-9(14)6-11(10)15/h2-3,6,8,19H,4-5,7H2,1H3/b16-12+. The van der Waals surface area contributed by atoms with Gasteiger partial charge in [-0.1, -0.05) is 23.7 Å².